The molecule has 0 spiro atoms. The first-order valence-electron chi connectivity index (χ1n) is 9.54. The zero-order valence-electron chi connectivity index (χ0n) is 15.9. The maximum absolute atomic E-state index is 10.6. The quantitative estimate of drug-likeness (QED) is 0.214. The van der Waals surface area contributed by atoms with Gasteiger partial charge >= 0.3 is 0 Å². The van der Waals surface area contributed by atoms with Gasteiger partial charge < -0.3 is 20.4 Å². The van der Waals surface area contributed by atoms with E-state index in [-0.39, 0.29) is 23.0 Å². The Kier molecular flexibility index (Phi) is 4.00. The van der Waals surface area contributed by atoms with Gasteiger partial charge in [-0.2, -0.15) is 0 Å². The van der Waals surface area contributed by atoms with Crippen molar-refractivity contribution in [3.05, 3.63) is 84.9 Å². The summed E-state index contributed by atoms with van der Waals surface area (Å²) in [6.45, 7) is 0. The van der Waals surface area contributed by atoms with E-state index in [1.807, 2.05) is 48.5 Å². The monoisotopic (exact) mass is 394 g/mol. The van der Waals surface area contributed by atoms with Crippen LogP contribution in [0.5, 0.6) is 23.0 Å². The fraction of sp³-hybridized carbons (Fsp3) is 0. The molecule has 0 radical (unpaired) electrons. The highest BCUT2D eigenvalue weighted by Crippen LogP contribution is 2.49. The third-order valence-corrected chi connectivity index (χ3v) is 5.50. The molecule has 0 aliphatic rings. The third-order valence-electron chi connectivity index (χ3n) is 5.50. The van der Waals surface area contributed by atoms with Crippen molar-refractivity contribution in [3.8, 4) is 45.3 Å². The standard InChI is InChI=1S/C26H18O4/c27-21-13-5-11-19(25(21)29)23-15-7-1-2-8-16(15)24(18-10-4-3-9-17(18)23)20-12-6-14-22(28)26(20)30/h1-14,27-30H. The van der Waals surface area contributed by atoms with Crippen molar-refractivity contribution in [1.82, 2.24) is 0 Å². The van der Waals surface area contributed by atoms with Crippen LogP contribution in [-0.2, 0) is 0 Å². The van der Waals surface area contributed by atoms with E-state index in [0.717, 1.165) is 32.7 Å². The third kappa shape index (κ3) is 2.54. The molecule has 5 aromatic carbocycles. The lowest BCUT2D eigenvalue weighted by Crippen LogP contribution is -1.91. The van der Waals surface area contributed by atoms with Crippen LogP contribution in [0.25, 0.3) is 43.8 Å². The Hall–Kier alpha value is -4.18. The Balaban J connectivity index is 2.03. The van der Waals surface area contributed by atoms with Crippen molar-refractivity contribution in [3.63, 3.8) is 0 Å². The maximum Gasteiger partial charge on any atom is 0.165 e. The molecule has 0 saturated carbocycles. The number of benzene rings is 5. The molecular formula is C26H18O4. The summed E-state index contributed by atoms with van der Waals surface area (Å²) < 4.78 is 0. The van der Waals surface area contributed by atoms with Crippen LogP contribution in [0, 0.1) is 0 Å². The molecule has 0 bridgehead atoms. The Morgan fingerprint density at radius 2 is 0.700 bits per heavy atom. The summed E-state index contributed by atoms with van der Waals surface area (Å²) in [6, 6.07) is 25.3. The van der Waals surface area contributed by atoms with Crippen LogP contribution in [0.3, 0.4) is 0 Å². The largest absolute Gasteiger partial charge is 0.504 e. The van der Waals surface area contributed by atoms with E-state index in [1.165, 1.54) is 12.1 Å². The number of phenolic OH excluding ortho intramolecular Hbond substituents is 4. The number of aromatic hydroxyl groups is 4. The Bertz CT molecular complexity index is 1270. The van der Waals surface area contributed by atoms with Gasteiger partial charge in [-0.05, 0) is 33.7 Å². The van der Waals surface area contributed by atoms with Gasteiger partial charge in [-0.1, -0.05) is 72.8 Å². The minimum absolute atomic E-state index is 0.180. The molecule has 30 heavy (non-hydrogen) atoms. The molecule has 4 nitrogen and oxygen atoms in total. The van der Waals surface area contributed by atoms with E-state index in [2.05, 4.69) is 0 Å². The van der Waals surface area contributed by atoms with Crippen molar-refractivity contribution in [2.24, 2.45) is 0 Å². The second kappa shape index (κ2) is 6.71. The zero-order valence-corrected chi connectivity index (χ0v) is 15.9. The Morgan fingerprint density at radius 1 is 0.367 bits per heavy atom. The summed E-state index contributed by atoms with van der Waals surface area (Å²) >= 11 is 0. The second-order valence-electron chi connectivity index (χ2n) is 7.19. The topological polar surface area (TPSA) is 80.9 Å². The lowest BCUT2D eigenvalue weighted by atomic mass is 9.85. The van der Waals surface area contributed by atoms with Crippen LogP contribution in [0.1, 0.15) is 0 Å². The van der Waals surface area contributed by atoms with Crippen molar-refractivity contribution in [2.75, 3.05) is 0 Å². The average Bonchev–Trinajstić information content (AvgIpc) is 2.76. The first-order chi connectivity index (χ1) is 14.6. The van der Waals surface area contributed by atoms with E-state index < -0.39 is 0 Å². The van der Waals surface area contributed by atoms with Gasteiger partial charge in [0, 0.05) is 22.3 Å². The minimum atomic E-state index is -0.185. The summed E-state index contributed by atoms with van der Waals surface area (Å²) in [5.74, 6) is -0.729. The molecule has 146 valence electrons. The maximum atomic E-state index is 10.6. The molecule has 0 saturated heterocycles. The van der Waals surface area contributed by atoms with Crippen LogP contribution in [0.2, 0.25) is 0 Å². The first-order valence-corrected chi connectivity index (χ1v) is 9.54. The summed E-state index contributed by atoms with van der Waals surface area (Å²) in [4.78, 5) is 0. The summed E-state index contributed by atoms with van der Waals surface area (Å²) in [6.07, 6.45) is 0. The van der Waals surface area contributed by atoms with Crippen LogP contribution < -0.4 is 0 Å². The molecule has 4 heteroatoms. The number of para-hydroxylation sites is 2. The van der Waals surface area contributed by atoms with E-state index in [9.17, 15) is 20.4 Å². The molecule has 5 rings (SSSR count). The van der Waals surface area contributed by atoms with Crippen molar-refractivity contribution in [1.29, 1.82) is 0 Å². The summed E-state index contributed by atoms with van der Waals surface area (Å²) in [5.41, 5.74) is 2.62. The fourth-order valence-corrected chi connectivity index (χ4v) is 4.17. The van der Waals surface area contributed by atoms with Crippen molar-refractivity contribution >= 4 is 21.5 Å². The van der Waals surface area contributed by atoms with Crippen molar-refractivity contribution in [2.45, 2.75) is 0 Å². The van der Waals surface area contributed by atoms with Gasteiger partial charge in [0.1, 0.15) is 0 Å². The van der Waals surface area contributed by atoms with Gasteiger partial charge in [-0.3, -0.25) is 0 Å². The molecule has 0 aliphatic heterocycles. The lowest BCUT2D eigenvalue weighted by molar-refractivity contribution is 0.405. The van der Waals surface area contributed by atoms with Crippen LogP contribution in [0.4, 0.5) is 0 Å². The number of rotatable bonds is 2. The highest BCUT2D eigenvalue weighted by molar-refractivity contribution is 6.22. The van der Waals surface area contributed by atoms with Gasteiger partial charge in [-0.15, -0.1) is 0 Å². The molecule has 0 aromatic heterocycles. The summed E-state index contributed by atoms with van der Waals surface area (Å²) in [5, 5.41) is 44.8. The molecule has 0 atom stereocenters. The van der Waals surface area contributed by atoms with Crippen LogP contribution in [0.15, 0.2) is 84.9 Å². The normalized spacial score (nSPS) is 11.2. The Labute approximate surface area is 172 Å². The van der Waals surface area contributed by atoms with Crippen LogP contribution >= 0.6 is 0 Å². The van der Waals surface area contributed by atoms with Gasteiger partial charge in [0.25, 0.3) is 0 Å². The number of phenols is 4. The number of fused-ring (bicyclic) bond motifs is 2. The highest BCUT2D eigenvalue weighted by Gasteiger charge is 2.21. The molecule has 0 amide bonds. The highest BCUT2D eigenvalue weighted by atomic mass is 16.3. The van der Waals surface area contributed by atoms with E-state index in [4.69, 9.17) is 0 Å². The first kappa shape index (κ1) is 17.9. The van der Waals surface area contributed by atoms with E-state index in [0.29, 0.717) is 11.1 Å². The van der Waals surface area contributed by atoms with Gasteiger partial charge in [0.2, 0.25) is 0 Å². The van der Waals surface area contributed by atoms with Crippen molar-refractivity contribution < 1.29 is 20.4 Å². The lowest BCUT2D eigenvalue weighted by Gasteiger charge is -2.19. The molecule has 4 N–H and O–H groups in total. The molecule has 0 heterocycles. The average molecular weight is 394 g/mol. The van der Waals surface area contributed by atoms with Gasteiger partial charge in [0.15, 0.2) is 23.0 Å². The Morgan fingerprint density at radius 3 is 1.03 bits per heavy atom. The van der Waals surface area contributed by atoms with E-state index >= 15 is 0 Å². The molecule has 0 unspecified atom stereocenters. The van der Waals surface area contributed by atoms with Gasteiger partial charge in [-0.25, -0.2) is 0 Å². The molecular weight excluding hydrogens is 376 g/mol. The SMILES string of the molecule is Oc1cccc(-c2c3ccccc3c(-c3cccc(O)c3O)c3ccccc23)c1O. The predicted octanol–water partition coefficient (Wildman–Crippen LogP) is 6.15. The van der Waals surface area contributed by atoms with Gasteiger partial charge in [0.05, 0.1) is 0 Å². The fourth-order valence-electron chi connectivity index (χ4n) is 4.17. The molecule has 0 aliphatic carbocycles. The smallest absolute Gasteiger partial charge is 0.165 e. The molecule has 0 fully saturated rings. The predicted molar refractivity (Wildman–Crippen MR) is 119 cm³/mol. The van der Waals surface area contributed by atoms with E-state index in [1.54, 1.807) is 24.3 Å². The second-order valence-corrected chi connectivity index (χ2v) is 7.19. The minimum Gasteiger partial charge on any atom is -0.504 e. The van der Waals surface area contributed by atoms with Crippen LogP contribution in [-0.4, -0.2) is 20.4 Å². The number of hydrogen-bond acceptors (Lipinski definition) is 4. The molecule has 5 aromatic rings. The number of hydrogen-bond donors (Lipinski definition) is 4. The zero-order chi connectivity index (χ0) is 20.8. The summed E-state index contributed by atoms with van der Waals surface area (Å²) in [7, 11) is 0.